The van der Waals surface area contributed by atoms with Crippen molar-refractivity contribution < 1.29 is 14.4 Å². The Morgan fingerprint density at radius 2 is 2.00 bits per heavy atom. The molecule has 0 aliphatic heterocycles. The summed E-state index contributed by atoms with van der Waals surface area (Å²) in [5.41, 5.74) is 0.895. The predicted octanol–water partition coefficient (Wildman–Crippen LogP) is 2.90. The summed E-state index contributed by atoms with van der Waals surface area (Å²) in [5, 5.41) is 14.4. The van der Waals surface area contributed by atoms with E-state index in [1.807, 2.05) is 19.9 Å². The fourth-order valence-electron chi connectivity index (χ4n) is 1.79. The summed E-state index contributed by atoms with van der Waals surface area (Å²) in [5.74, 6) is 0.325. The van der Waals surface area contributed by atoms with Crippen LogP contribution >= 0.6 is 0 Å². The van der Waals surface area contributed by atoms with Crippen molar-refractivity contribution in [3.8, 4) is 5.75 Å². The third-order valence-corrected chi connectivity index (χ3v) is 2.93. The molecule has 1 N–H and O–H groups in total. The number of ether oxygens (including phenoxy) is 2. The summed E-state index contributed by atoms with van der Waals surface area (Å²) in [4.78, 5) is 10.7. The van der Waals surface area contributed by atoms with E-state index in [9.17, 15) is 10.1 Å². The van der Waals surface area contributed by atoms with Crippen LogP contribution in [-0.2, 0) is 11.3 Å². The number of nitro benzene ring substituents is 1. The van der Waals surface area contributed by atoms with Crippen LogP contribution in [-0.4, -0.2) is 31.3 Å². The molecule has 0 atom stereocenters. The third-order valence-electron chi connectivity index (χ3n) is 2.93. The van der Waals surface area contributed by atoms with Gasteiger partial charge < -0.3 is 14.8 Å². The van der Waals surface area contributed by atoms with Gasteiger partial charge in [0.05, 0.1) is 11.5 Å². The monoisotopic (exact) mass is 296 g/mol. The Morgan fingerprint density at radius 3 is 2.62 bits per heavy atom. The molecule has 0 amide bonds. The van der Waals surface area contributed by atoms with Gasteiger partial charge in [-0.3, -0.25) is 10.1 Å². The highest BCUT2D eigenvalue weighted by Gasteiger charge is 2.16. The Kier molecular flexibility index (Phi) is 7.71. The molecule has 1 aromatic carbocycles. The van der Waals surface area contributed by atoms with E-state index < -0.39 is 4.92 Å². The van der Waals surface area contributed by atoms with E-state index >= 15 is 0 Å². The van der Waals surface area contributed by atoms with E-state index in [1.54, 1.807) is 19.2 Å². The number of nitrogens with one attached hydrogen (secondary N) is 1. The first-order valence-corrected chi connectivity index (χ1v) is 7.17. The van der Waals surface area contributed by atoms with Crippen LogP contribution < -0.4 is 10.1 Å². The van der Waals surface area contributed by atoms with Gasteiger partial charge >= 0.3 is 5.69 Å². The lowest BCUT2D eigenvalue weighted by Crippen LogP contribution is -2.21. The van der Waals surface area contributed by atoms with Crippen LogP contribution in [0.1, 0.15) is 32.3 Å². The second kappa shape index (κ2) is 9.31. The molecular formula is C15H24N2O4. The fourth-order valence-corrected chi connectivity index (χ4v) is 1.79. The fraction of sp³-hybridized carbons (Fsp3) is 0.600. The van der Waals surface area contributed by atoms with Gasteiger partial charge in [0.2, 0.25) is 0 Å². The number of unbranched alkanes of at least 4 members (excludes halogenated alkanes) is 1. The molecular weight excluding hydrogens is 272 g/mol. The van der Waals surface area contributed by atoms with Crippen LogP contribution in [0.5, 0.6) is 5.75 Å². The van der Waals surface area contributed by atoms with Crippen molar-refractivity contribution in [2.75, 3.05) is 20.3 Å². The Morgan fingerprint density at radius 1 is 1.29 bits per heavy atom. The topological polar surface area (TPSA) is 73.6 Å². The van der Waals surface area contributed by atoms with Crippen LogP contribution in [0, 0.1) is 10.1 Å². The molecule has 1 rings (SSSR count). The summed E-state index contributed by atoms with van der Waals surface area (Å²) in [7, 11) is 1.65. The lowest BCUT2D eigenvalue weighted by atomic mass is 10.1. The van der Waals surface area contributed by atoms with E-state index in [-0.39, 0.29) is 5.69 Å². The first-order valence-electron chi connectivity index (χ1n) is 7.17. The number of hydrogen-bond donors (Lipinski definition) is 1. The molecule has 0 aliphatic carbocycles. The van der Waals surface area contributed by atoms with Crippen molar-refractivity contribution in [3.63, 3.8) is 0 Å². The van der Waals surface area contributed by atoms with E-state index in [0.717, 1.165) is 18.4 Å². The van der Waals surface area contributed by atoms with Crippen LogP contribution in [0.3, 0.4) is 0 Å². The van der Waals surface area contributed by atoms with Gasteiger partial charge in [-0.2, -0.15) is 0 Å². The van der Waals surface area contributed by atoms with Gasteiger partial charge in [-0.15, -0.1) is 0 Å². The summed E-state index contributed by atoms with van der Waals surface area (Å²) in [6, 6.07) is 5.43. The maximum absolute atomic E-state index is 11.1. The predicted molar refractivity (Wildman–Crippen MR) is 81.7 cm³/mol. The zero-order valence-corrected chi connectivity index (χ0v) is 12.9. The smallest absolute Gasteiger partial charge is 0.311 e. The van der Waals surface area contributed by atoms with Crippen molar-refractivity contribution in [1.29, 1.82) is 0 Å². The number of nitro groups is 1. The molecule has 0 aliphatic rings. The number of methoxy groups -OCH3 is 1. The second-order valence-corrected chi connectivity index (χ2v) is 5.14. The van der Waals surface area contributed by atoms with Gasteiger partial charge in [-0.1, -0.05) is 19.9 Å². The molecule has 0 saturated carbocycles. The Balaban J connectivity index is 2.64. The molecule has 0 radical (unpaired) electrons. The van der Waals surface area contributed by atoms with Crippen LogP contribution in [0.25, 0.3) is 0 Å². The molecule has 21 heavy (non-hydrogen) atoms. The lowest BCUT2D eigenvalue weighted by molar-refractivity contribution is -0.385. The normalized spacial score (nSPS) is 10.9. The van der Waals surface area contributed by atoms with Crippen LogP contribution in [0.15, 0.2) is 18.2 Å². The summed E-state index contributed by atoms with van der Waals surface area (Å²) < 4.78 is 10.5. The van der Waals surface area contributed by atoms with E-state index in [1.165, 1.54) is 0 Å². The number of nitrogens with zero attached hydrogens (tertiary/aromatic N) is 1. The van der Waals surface area contributed by atoms with E-state index in [4.69, 9.17) is 9.47 Å². The summed E-state index contributed by atoms with van der Waals surface area (Å²) >= 11 is 0. The Labute approximate surface area is 125 Å². The van der Waals surface area contributed by atoms with E-state index in [2.05, 4.69) is 5.32 Å². The highest BCUT2D eigenvalue weighted by atomic mass is 16.6. The lowest BCUT2D eigenvalue weighted by Gasteiger charge is -2.10. The van der Waals surface area contributed by atoms with Crippen LogP contribution in [0.4, 0.5) is 5.69 Å². The van der Waals surface area contributed by atoms with Crippen molar-refractivity contribution in [2.24, 2.45) is 0 Å². The standard InChI is InChI=1S/C15H24N2O4/c1-12(2)16-11-13-6-7-15(14(10-13)17(18)19)21-9-5-4-8-20-3/h6-7,10,12,16H,4-5,8-9,11H2,1-3H3. The van der Waals surface area contributed by atoms with Crippen molar-refractivity contribution in [3.05, 3.63) is 33.9 Å². The highest BCUT2D eigenvalue weighted by molar-refractivity contribution is 5.48. The van der Waals surface area contributed by atoms with Crippen molar-refractivity contribution in [1.82, 2.24) is 5.32 Å². The zero-order valence-electron chi connectivity index (χ0n) is 12.9. The van der Waals surface area contributed by atoms with Crippen molar-refractivity contribution >= 4 is 5.69 Å². The van der Waals surface area contributed by atoms with Gasteiger partial charge in [0, 0.05) is 32.4 Å². The first kappa shape index (κ1) is 17.4. The second-order valence-electron chi connectivity index (χ2n) is 5.14. The molecule has 0 fully saturated rings. The summed E-state index contributed by atoms with van der Waals surface area (Å²) in [6.45, 7) is 5.80. The van der Waals surface area contributed by atoms with E-state index in [0.29, 0.717) is 31.5 Å². The van der Waals surface area contributed by atoms with Gasteiger partial charge in [0.15, 0.2) is 5.75 Å². The van der Waals surface area contributed by atoms with Gasteiger partial charge in [-0.25, -0.2) is 0 Å². The van der Waals surface area contributed by atoms with Gasteiger partial charge in [0.1, 0.15) is 0 Å². The Bertz CT molecular complexity index is 449. The zero-order chi connectivity index (χ0) is 15.7. The highest BCUT2D eigenvalue weighted by Crippen LogP contribution is 2.28. The molecule has 0 spiro atoms. The minimum absolute atomic E-state index is 0.0183. The molecule has 0 saturated heterocycles. The molecule has 118 valence electrons. The molecule has 0 unspecified atom stereocenters. The molecule has 1 aromatic rings. The third kappa shape index (κ3) is 6.55. The molecule has 6 nitrogen and oxygen atoms in total. The molecule has 0 aromatic heterocycles. The maximum Gasteiger partial charge on any atom is 0.311 e. The SMILES string of the molecule is COCCCCOc1ccc(CNC(C)C)cc1[N+](=O)[O-]. The van der Waals surface area contributed by atoms with Crippen molar-refractivity contribution in [2.45, 2.75) is 39.3 Å². The summed E-state index contributed by atoms with van der Waals surface area (Å²) in [6.07, 6.45) is 1.68. The maximum atomic E-state index is 11.1. The Hall–Kier alpha value is -1.66. The largest absolute Gasteiger partial charge is 0.487 e. The quantitative estimate of drug-likeness (QED) is 0.408. The first-order chi connectivity index (χ1) is 10.0. The number of benzene rings is 1. The average Bonchev–Trinajstić information content (AvgIpc) is 2.45. The molecule has 0 bridgehead atoms. The molecule has 0 heterocycles. The minimum Gasteiger partial charge on any atom is -0.487 e. The minimum atomic E-state index is -0.399. The molecule has 6 heteroatoms. The van der Waals surface area contributed by atoms with Crippen LogP contribution in [0.2, 0.25) is 0 Å². The van der Waals surface area contributed by atoms with Gasteiger partial charge in [-0.05, 0) is 24.5 Å². The average molecular weight is 296 g/mol. The number of hydrogen-bond acceptors (Lipinski definition) is 5. The van der Waals surface area contributed by atoms with Gasteiger partial charge in [0.25, 0.3) is 0 Å². The number of rotatable bonds is 10.